The van der Waals surface area contributed by atoms with Crippen molar-refractivity contribution >= 4 is 21.8 Å². The fraction of sp³-hybridized carbons (Fsp3) is 0.562. The lowest BCUT2D eigenvalue weighted by Gasteiger charge is -2.35. The molecule has 1 N–H and O–H groups in total. The maximum Gasteiger partial charge on any atom is 0.251 e. The van der Waals surface area contributed by atoms with Crippen molar-refractivity contribution in [3.63, 3.8) is 0 Å². The van der Waals surface area contributed by atoms with Crippen LogP contribution in [0.15, 0.2) is 28.7 Å². The minimum atomic E-state index is 0.00871. The highest BCUT2D eigenvalue weighted by Crippen LogP contribution is 2.17. The highest BCUT2D eigenvalue weighted by molar-refractivity contribution is 9.10. The minimum Gasteiger partial charge on any atom is -0.350 e. The molecule has 0 saturated carbocycles. The van der Waals surface area contributed by atoms with Crippen molar-refractivity contribution in [3.05, 3.63) is 34.3 Å². The summed E-state index contributed by atoms with van der Waals surface area (Å²) in [5.41, 5.74) is 0.715. The predicted octanol–water partition coefficient (Wildman–Crippen LogP) is 3.30. The van der Waals surface area contributed by atoms with E-state index in [9.17, 15) is 4.79 Å². The first-order chi connectivity index (χ1) is 9.56. The molecule has 0 spiro atoms. The van der Waals surface area contributed by atoms with Crippen LogP contribution in [0, 0.1) is 5.92 Å². The summed E-state index contributed by atoms with van der Waals surface area (Å²) in [7, 11) is 0. The summed E-state index contributed by atoms with van der Waals surface area (Å²) in [5.74, 6) is 0.780. The van der Waals surface area contributed by atoms with Gasteiger partial charge in [0.05, 0.1) is 0 Å². The molecule has 1 fully saturated rings. The molecule has 1 saturated heterocycles. The maximum atomic E-state index is 12.1. The van der Waals surface area contributed by atoms with E-state index in [0.717, 1.165) is 23.5 Å². The molecule has 1 aliphatic heterocycles. The second-order valence-corrected chi connectivity index (χ2v) is 6.72. The first-order valence-electron chi connectivity index (χ1n) is 7.34. The predicted molar refractivity (Wildman–Crippen MR) is 85.9 cm³/mol. The zero-order valence-corrected chi connectivity index (χ0v) is 13.8. The van der Waals surface area contributed by atoms with Crippen molar-refractivity contribution in [2.24, 2.45) is 5.92 Å². The fourth-order valence-electron chi connectivity index (χ4n) is 2.70. The number of amides is 1. The maximum absolute atomic E-state index is 12.1. The monoisotopic (exact) mass is 338 g/mol. The van der Waals surface area contributed by atoms with Crippen LogP contribution in [0.4, 0.5) is 0 Å². The zero-order valence-electron chi connectivity index (χ0n) is 12.2. The largest absolute Gasteiger partial charge is 0.350 e. The highest BCUT2D eigenvalue weighted by Gasteiger charge is 2.21. The molecule has 4 heteroatoms. The molecule has 1 aromatic carbocycles. The Labute approximate surface area is 129 Å². The summed E-state index contributed by atoms with van der Waals surface area (Å²) in [6, 6.07) is 7.87. The number of carbonyl (C=O) groups is 1. The Kier molecular flexibility index (Phi) is 5.61. The molecule has 2 atom stereocenters. The van der Waals surface area contributed by atoms with E-state index in [1.165, 1.54) is 12.8 Å². The number of piperidine rings is 1. The van der Waals surface area contributed by atoms with Gasteiger partial charge < -0.3 is 5.32 Å². The van der Waals surface area contributed by atoms with Gasteiger partial charge in [-0.25, -0.2) is 0 Å². The minimum absolute atomic E-state index is 0.00871. The number of hydrogen-bond acceptors (Lipinski definition) is 2. The zero-order chi connectivity index (χ0) is 14.5. The summed E-state index contributed by atoms with van der Waals surface area (Å²) in [6.45, 7) is 7.51. The van der Waals surface area contributed by atoms with Crippen LogP contribution < -0.4 is 5.32 Å². The van der Waals surface area contributed by atoms with Crippen LogP contribution in [0.3, 0.4) is 0 Å². The normalized spacial score (nSPS) is 21.4. The van der Waals surface area contributed by atoms with Crippen molar-refractivity contribution in [2.45, 2.75) is 32.7 Å². The quantitative estimate of drug-likeness (QED) is 0.913. The van der Waals surface area contributed by atoms with E-state index in [-0.39, 0.29) is 5.91 Å². The standard InChI is InChI=1S/C16H23BrN2O/c1-12-4-3-9-19(11-12)13(2)10-18-16(20)14-5-7-15(17)8-6-14/h5-8,12-13H,3-4,9-11H2,1-2H3,(H,18,20). The van der Waals surface area contributed by atoms with Crippen molar-refractivity contribution in [1.29, 1.82) is 0 Å². The lowest BCUT2D eigenvalue weighted by molar-refractivity contribution is 0.0917. The van der Waals surface area contributed by atoms with E-state index in [1.54, 1.807) is 0 Å². The molecule has 20 heavy (non-hydrogen) atoms. The number of carbonyl (C=O) groups excluding carboxylic acids is 1. The van der Waals surface area contributed by atoms with E-state index in [4.69, 9.17) is 0 Å². The van der Waals surface area contributed by atoms with E-state index < -0.39 is 0 Å². The molecule has 2 unspecified atom stereocenters. The first kappa shape index (κ1) is 15.5. The smallest absolute Gasteiger partial charge is 0.251 e. The molecule has 0 radical (unpaired) electrons. The van der Waals surface area contributed by atoms with Crippen LogP contribution in [0.25, 0.3) is 0 Å². The Morgan fingerprint density at radius 3 is 2.80 bits per heavy atom. The molecule has 1 heterocycles. The van der Waals surface area contributed by atoms with Gasteiger partial charge in [-0.05, 0) is 56.5 Å². The second-order valence-electron chi connectivity index (χ2n) is 5.81. The van der Waals surface area contributed by atoms with Gasteiger partial charge in [-0.15, -0.1) is 0 Å². The first-order valence-corrected chi connectivity index (χ1v) is 8.13. The summed E-state index contributed by atoms with van der Waals surface area (Å²) >= 11 is 3.38. The van der Waals surface area contributed by atoms with Crippen molar-refractivity contribution in [3.8, 4) is 0 Å². The molecule has 0 aromatic heterocycles. The number of hydrogen-bond donors (Lipinski definition) is 1. The number of nitrogens with one attached hydrogen (secondary N) is 1. The van der Waals surface area contributed by atoms with E-state index >= 15 is 0 Å². The third-order valence-electron chi connectivity index (χ3n) is 3.98. The van der Waals surface area contributed by atoms with Gasteiger partial charge in [0, 0.05) is 29.2 Å². The van der Waals surface area contributed by atoms with Gasteiger partial charge >= 0.3 is 0 Å². The van der Waals surface area contributed by atoms with Crippen LogP contribution >= 0.6 is 15.9 Å². The Hall–Kier alpha value is -0.870. The Morgan fingerprint density at radius 2 is 2.15 bits per heavy atom. The Balaban J connectivity index is 1.82. The number of benzene rings is 1. The third kappa shape index (κ3) is 4.32. The average Bonchev–Trinajstić information content (AvgIpc) is 2.45. The lowest BCUT2D eigenvalue weighted by Crippen LogP contribution is -2.46. The average molecular weight is 339 g/mol. The molecule has 1 aliphatic rings. The molecular weight excluding hydrogens is 316 g/mol. The van der Waals surface area contributed by atoms with Gasteiger partial charge in [-0.2, -0.15) is 0 Å². The van der Waals surface area contributed by atoms with Crippen LogP contribution in [0.5, 0.6) is 0 Å². The molecule has 0 bridgehead atoms. The Morgan fingerprint density at radius 1 is 1.45 bits per heavy atom. The van der Waals surface area contributed by atoms with Gasteiger partial charge in [-0.1, -0.05) is 22.9 Å². The lowest BCUT2D eigenvalue weighted by atomic mass is 9.99. The number of rotatable bonds is 4. The molecular formula is C16H23BrN2O. The highest BCUT2D eigenvalue weighted by atomic mass is 79.9. The molecule has 0 aliphatic carbocycles. The van der Waals surface area contributed by atoms with Gasteiger partial charge in [-0.3, -0.25) is 9.69 Å². The van der Waals surface area contributed by atoms with Gasteiger partial charge in [0.25, 0.3) is 5.91 Å². The molecule has 1 amide bonds. The summed E-state index contributed by atoms with van der Waals surface area (Å²) in [6.07, 6.45) is 2.60. The molecule has 2 rings (SSSR count). The SMILES string of the molecule is CC1CCCN(C(C)CNC(=O)c2ccc(Br)cc2)C1. The van der Waals surface area contributed by atoms with Crippen molar-refractivity contribution in [2.75, 3.05) is 19.6 Å². The van der Waals surface area contributed by atoms with Crippen molar-refractivity contribution < 1.29 is 4.79 Å². The number of nitrogens with zero attached hydrogens (tertiary/aromatic N) is 1. The fourth-order valence-corrected chi connectivity index (χ4v) is 2.96. The van der Waals surface area contributed by atoms with E-state index in [2.05, 4.69) is 40.0 Å². The summed E-state index contributed by atoms with van der Waals surface area (Å²) in [5, 5.41) is 3.03. The summed E-state index contributed by atoms with van der Waals surface area (Å²) in [4.78, 5) is 14.5. The van der Waals surface area contributed by atoms with Crippen LogP contribution in [-0.4, -0.2) is 36.5 Å². The van der Waals surface area contributed by atoms with Gasteiger partial charge in [0.1, 0.15) is 0 Å². The van der Waals surface area contributed by atoms with Crippen molar-refractivity contribution in [1.82, 2.24) is 10.2 Å². The van der Waals surface area contributed by atoms with Crippen LogP contribution in [0.2, 0.25) is 0 Å². The third-order valence-corrected chi connectivity index (χ3v) is 4.50. The van der Waals surface area contributed by atoms with E-state index in [0.29, 0.717) is 18.2 Å². The number of likely N-dealkylation sites (tertiary alicyclic amines) is 1. The second kappa shape index (κ2) is 7.23. The van der Waals surface area contributed by atoms with Gasteiger partial charge in [0.15, 0.2) is 0 Å². The van der Waals surface area contributed by atoms with Gasteiger partial charge in [0.2, 0.25) is 0 Å². The molecule has 110 valence electrons. The number of halogens is 1. The topological polar surface area (TPSA) is 32.3 Å². The van der Waals surface area contributed by atoms with Crippen LogP contribution in [-0.2, 0) is 0 Å². The van der Waals surface area contributed by atoms with E-state index in [1.807, 2.05) is 24.3 Å². The molecule has 1 aromatic rings. The summed E-state index contributed by atoms with van der Waals surface area (Å²) < 4.78 is 0.990. The Bertz CT molecular complexity index is 446. The van der Waals surface area contributed by atoms with Crippen LogP contribution in [0.1, 0.15) is 37.0 Å². The molecule has 3 nitrogen and oxygen atoms in total.